The molecular weight excluding hydrogens is 268 g/mol. The van der Waals surface area contributed by atoms with Crippen LogP contribution in [0, 0.1) is 0 Å². The summed E-state index contributed by atoms with van der Waals surface area (Å²) in [4.78, 5) is 24.9. The maximum atomic E-state index is 11.6. The van der Waals surface area contributed by atoms with Crippen molar-refractivity contribution in [2.24, 2.45) is 5.73 Å². The molecular formula is C15H22N4O2. The van der Waals surface area contributed by atoms with Gasteiger partial charge in [-0.3, -0.25) is 9.59 Å². The molecule has 114 valence electrons. The van der Waals surface area contributed by atoms with Gasteiger partial charge in [0.25, 0.3) is 0 Å². The number of hydrogen-bond donors (Lipinski definition) is 3. The maximum Gasteiger partial charge on any atom is 0.239 e. The van der Waals surface area contributed by atoms with E-state index in [9.17, 15) is 9.59 Å². The average molecular weight is 290 g/mol. The standard InChI is InChI=1S/C15H22N4O2/c1-11(9-17-15(21)10-18-14(20)8-16)19-7-6-12-4-2-3-5-13(12)19/h2-5,11H,6-10,16H2,1H3,(H,17,21)(H,18,20). The second kappa shape index (κ2) is 7.08. The number of nitrogens with two attached hydrogens (primary N) is 1. The van der Waals surface area contributed by atoms with Gasteiger partial charge in [0.05, 0.1) is 13.1 Å². The number of nitrogens with one attached hydrogen (secondary N) is 2. The van der Waals surface area contributed by atoms with Crippen LogP contribution in [-0.4, -0.2) is 44.0 Å². The van der Waals surface area contributed by atoms with Crippen LogP contribution in [-0.2, 0) is 16.0 Å². The summed E-state index contributed by atoms with van der Waals surface area (Å²) >= 11 is 0. The van der Waals surface area contributed by atoms with Crippen LogP contribution in [0.25, 0.3) is 0 Å². The van der Waals surface area contributed by atoms with Crippen molar-refractivity contribution >= 4 is 17.5 Å². The van der Waals surface area contributed by atoms with E-state index >= 15 is 0 Å². The van der Waals surface area contributed by atoms with E-state index in [1.165, 1.54) is 11.3 Å². The van der Waals surface area contributed by atoms with Crippen LogP contribution in [0.5, 0.6) is 0 Å². The molecule has 0 fully saturated rings. The van der Waals surface area contributed by atoms with Gasteiger partial charge in [-0.25, -0.2) is 0 Å². The number of amides is 2. The molecule has 0 bridgehead atoms. The summed E-state index contributed by atoms with van der Waals surface area (Å²) in [5, 5.41) is 5.28. The van der Waals surface area contributed by atoms with Gasteiger partial charge in [0, 0.05) is 24.8 Å². The molecule has 6 nitrogen and oxygen atoms in total. The Morgan fingerprint density at radius 2 is 2.05 bits per heavy atom. The van der Waals surface area contributed by atoms with Gasteiger partial charge < -0.3 is 21.3 Å². The smallest absolute Gasteiger partial charge is 0.239 e. The van der Waals surface area contributed by atoms with Crippen LogP contribution < -0.4 is 21.3 Å². The third kappa shape index (κ3) is 3.95. The zero-order valence-corrected chi connectivity index (χ0v) is 12.3. The van der Waals surface area contributed by atoms with Crippen LogP contribution in [0.1, 0.15) is 12.5 Å². The lowest BCUT2D eigenvalue weighted by molar-refractivity contribution is -0.125. The third-order valence-corrected chi connectivity index (χ3v) is 3.68. The molecule has 4 N–H and O–H groups in total. The molecule has 1 heterocycles. The molecule has 21 heavy (non-hydrogen) atoms. The topological polar surface area (TPSA) is 87.5 Å². The van der Waals surface area contributed by atoms with E-state index < -0.39 is 0 Å². The van der Waals surface area contributed by atoms with Crippen molar-refractivity contribution in [1.29, 1.82) is 0 Å². The van der Waals surface area contributed by atoms with E-state index in [1.807, 2.05) is 6.07 Å². The van der Waals surface area contributed by atoms with Crippen molar-refractivity contribution in [3.8, 4) is 0 Å². The quantitative estimate of drug-likeness (QED) is 0.667. The molecule has 0 saturated carbocycles. The van der Waals surface area contributed by atoms with Crippen LogP contribution in [0.3, 0.4) is 0 Å². The monoisotopic (exact) mass is 290 g/mol. The fourth-order valence-electron chi connectivity index (χ4n) is 2.51. The summed E-state index contributed by atoms with van der Waals surface area (Å²) in [6.45, 7) is 3.47. The molecule has 0 radical (unpaired) electrons. The lowest BCUT2D eigenvalue weighted by atomic mass is 10.2. The van der Waals surface area contributed by atoms with Crippen molar-refractivity contribution in [3.05, 3.63) is 29.8 Å². The van der Waals surface area contributed by atoms with Crippen molar-refractivity contribution in [2.75, 3.05) is 31.1 Å². The van der Waals surface area contributed by atoms with E-state index in [4.69, 9.17) is 5.73 Å². The van der Waals surface area contributed by atoms with Gasteiger partial charge in [0.1, 0.15) is 0 Å². The third-order valence-electron chi connectivity index (χ3n) is 3.68. The first-order valence-electron chi connectivity index (χ1n) is 7.20. The molecule has 1 aliphatic heterocycles. The highest BCUT2D eigenvalue weighted by Crippen LogP contribution is 2.28. The summed E-state index contributed by atoms with van der Waals surface area (Å²) in [5.74, 6) is -0.525. The number of anilines is 1. The van der Waals surface area contributed by atoms with Crippen LogP contribution >= 0.6 is 0 Å². The number of carbonyl (C=O) groups excluding carboxylic acids is 2. The van der Waals surface area contributed by atoms with E-state index in [2.05, 4.69) is 40.7 Å². The number of rotatable bonds is 6. The molecule has 1 aromatic rings. The largest absolute Gasteiger partial charge is 0.366 e. The Morgan fingerprint density at radius 1 is 1.29 bits per heavy atom. The molecule has 6 heteroatoms. The van der Waals surface area contributed by atoms with E-state index in [0.29, 0.717) is 6.54 Å². The zero-order chi connectivity index (χ0) is 15.2. The number of benzene rings is 1. The van der Waals surface area contributed by atoms with E-state index in [1.54, 1.807) is 0 Å². The van der Waals surface area contributed by atoms with Gasteiger partial charge in [0.2, 0.25) is 11.8 Å². The van der Waals surface area contributed by atoms with Crippen molar-refractivity contribution in [3.63, 3.8) is 0 Å². The molecule has 0 aromatic heterocycles. The lowest BCUT2D eigenvalue weighted by Crippen LogP contribution is -2.45. The van der Waals surface area contributed by atoms with Gasteiger partial charge in [-0.15, -0.1) is 0 Å². The Balaban J connectivity index is 1.79. The molecule has 0 aliphatic carbocycles. The molecule has 2 amide bonds. The first-order chi connectivity index (χ1) is 10.1. The Labute approximate surface area is 124 Å². The Morgan fingerprint density at radius 3 is 2.81 bits per heavy atom. The van der Waals surface area contributed by atoms with Crippen LogP contribution in [0.2, 0.25) is 0 Å². The van der Waals surface area contributed by atoms with Gasteiger partial charge in [-0.1, -0.05) is 18.2 Å². The fourth-order valence-corrected chi connectivity index (χ4v) is 2.51. The minimum Gasteiger partial charge on any atom is -0.366 e. The highest BCUT2D eigenvalue weighted by Gasteiger charge is 2.22. The number of hydrogen-bond acceptors (Lipinski definition) is 4. The summed E-state index contributed by atoms with van der Waals surface area (Å²) < 4.78 is 0. The lowest BCUT2D eigenvalue weighted by Gasteiger charge is -2.27. The molecule has 0 spiro atoms. The Kier molecular flexibility index (Phi) is 5.16. The highest BCUT2D eigenvalue weighted by atomic mass is 16.2. The predicted molar refractivity (Wildman–Crippen MR) is 82.0 cm³/mol. The van der Waals surface area contributed by atoms with Crippen LogP contribution in [0.15, 0.2) is 24.3 Å². The number of nitrogens with zero attached hydrogens (tertiary/aromatic N) is 1. The molecule has 0 saturated heterocycles. The van der Waals surface area contributed by atoms with Gasteiger partial charge >= 0.3 is 0 Å². The highest BCUT2D eigenvalue weighted by molar-refractivity contribution is 5.85. The molecule has 1 aromatic carbocycles. The number of carbonyl (C=O) groups is 2. The van der Waals surface area contributed by atoms with Crippen LogP contribution in [0.4, 0.5) is 5.69 Å². The Hall–Kier alpha value is -2.08. The van der Waals surface area contributed by atoms with Crippen molar-refractivity contribution < 1.29 is 9.59 Å². The second-order valence-electron chi connectivity index (χ2n) is 5.21. The predicted octanol–water partition coefficient (Wildman–Crippen LogP) is -0.371. The minimum atomic E-state index is -0.327. The molecule has 1 atom stereocenters. The molecule has 1 aliphatic rings. The fraction of sp³-hybridized carbons (Fsp3) is 0.467. The summed E-state index contributed by atoms with van der Waals surface area (Å²) in [5.41, 5.74) is 7.76. The maximum absolute atomic E-state index is 11.6. The second-order valence-corrected chi connectivity index (χ2v) is 5.21. The van der Waals surface area contributed by atoms with Gasteiger partial charge in [-0.2, -0.15) is 0 Å². The zero-order valence-electron chi connectivity index (χ0n) is 12.3. The first-order valence-corrected chi connectivity index (χ1v) is 7.20. The summed E-state index contributed by atoms with van der Waals surface area (Å²) in [7, 11) is 0. The van der Waals surface area contributed by atoms with E-state index in [0.717, 1.165) is 13.0 Å². The van der Waals surface area contributed by atoms with Crippen molar-refractivity contribution in [2.45, 2.75) is 19.4 Å². The number of fused-ring (bicyclic) bond motifs is 1. The average Bonchev–Trinajstić information content (AvgIpc) is 2.94. The van der Waals surface area contributed by atoms with Gasteiger partial charge in [-0.05, 0) is 25.0 Å². The molecule has 1 unspecified atom stereocenters. The number of para-hydroxylation sites is 1. The van der Waals surface area contributed by atoms with Crippen molar-refractivity contribution in [1.82, 2.24) is 10.6 Å². The Bertz CT molecular complexity index is 518. The molecule has 2 rings (SSSR count). The first kappa shape index (κ1) is 15.3. The summed E-state index contributed by atoms with van der Waals surface area (Å²) in [6, 6.07) is 8.55. The van der Waals surface area contributed by atoms with Gasteiger partial charge in [0.15, 0.2) is 0 Å². The van der Waals surface area contributed by atoms with E-state index in [-0.39, 0.29) is 30.9 Å². The SMILES string of the molecule is CC(CNC(=O)CNC(=O)CN)N1CCc2ccccc21. The summed E-state index contributed by atoms with van der Waals surface area (Å²) in [6.07, 6.45) is 1.04. The minimum absolute atomic E-state index is 0.0284. The normalized spacial score (nSPS) is 14.5.